The highest BCUT2D eigenvalue weighted by molar-refractivity contribution is 5.81. The number of hydrogen-bond donors (Lipinski definition) is 2. The molecule has 0 spiro atoms. The van der Waals surface area contributed by atoms with Gasteiger partial charge in [-0.15, -0.1) is 4.99 Å². The maximum atomic E-state index is 13.8. The number of guanidine groups is 1. The lowest BCUT2D eigenvalue weighted by Gasteiger charge is -2.27. The maximum Gasteiger partial charge on any atom is 0.209 e. The molecule has 0 amide bonds. The first-order valence-electron chi connectivity index (χ1n) is 6.56. The summed E-state index contributed by atoms with van der Waals surface area (Å²) in [5.74, 6) is 0.0248. The Morgan fingerprint density at radius 1 is 1.50 bits per heavy atom. The normalized spacial score (nSPS) is 18.1. The molecule has 6 heteroatoms. The molecule has 1 atom stereocenters. The van der Waals surface area contributed by atoms with E-state index in [9.17, 15) is 8.78 Å². The number of benzene rings is 1. The van der Waals surface area contributed by atoms with Crippen LogP contribution in [0.4, 0.5) is 8.78 Å². The molecule has 0 aliphatic heterocycles. The second-order valence-corrected chi connectivity index (χ2v) is 4.57. The van der Waals surface area contributed by atoms with Gasteiger partial charge in [0, 0.05) is 6.54 Å². The van der Waals surface area contributed by atoms with E-state index >= 15 is 0 Å². The summed E-state index contributed by atoms with van der Waals surface area (Å²) in [5.41, 5.74) is 1.59. The molecule has 0 fully saturated rings. The van der Waals surface area contributed by atoms with Crippen LogP contribution < -0.4 is 10.6 Å². The van der Waals surface area contributed by atoms with Crippen LogP contribution >= 0.6 is 0 Å². The third-order valence-corrected chi connectivity index (χ3v) is 3.31. The van der Waals surface area contributed by atoms with Crippen molar-refractivity contribution in [3.8, 4) is 6.19 Å². The summed E-state index contributed by atoms with van der Waals surface area (Å²) < 4.78 is 25.9. The van der Waals surface area contributed by atoms with E-state index in [1.54, 1.807) is 12.3 Å². The topological polar surface area (TPSA) is 60.2 Å². The van der Waals surface area contributed by atoms with Crippen molar-refractivity contribution in [2.45, 2.75) is 25.3 Å². The summed E-state index contributed by atoms with van der Waals surface area (Å²) >= 11 is 0. The van der Waals surface area contributed by atoms with Crippen molar-refractivity contribution < 1.29 is 8.78 Å². The van der Waals surface area contributed by atoms with E-state index < -0.39 is 6.67 Å². The van der Waals surface area contributed by atoms with Crippen molar-refractivity contribution in [3.05, 3.63) is 35.1 Å². The second kappa shape index (κ2) is 6.85. The summed E-state index contributed by atoms with van der Waals surface area (Å²) in [6, 6.07) is 4.87. The predicted octanol–water partition coefficient (Wildman–Crippen LogP) is 2.19. The lowest BCUT2D eigenvalue weighted by atomic mass is 9.87. The Labute approximate surface area is 116 Å². The number of halogens is 2. The van der Waals surface area contributed by atoms with Crippen molar-refractivity contribution >= 4 is 5.96 Å². The van der Waals surface area contributed by atoms with Gasteiger partial charge in [0.1, 0.15) is 12.5 Å². The molecule has 2 N–H and O–H groups in total. The summed E-state index contributed by atoms with van der Waals surface area (Å²) in [4.78, 5) is 3.59. The molecule has 1 aromatic rings. The zero-order chi connectivity index (χ0) is 14.4. The zero-order valence-electron chi connectivity index (χ0n) is 11.0. The fraction of sp³-hybridized carbons (Fsp3) is 0.429. The number of rotatable bonds is 3. The van der Waals surface area contributed by atoms with Gasteiger partial charge in [-0.25, -0.2) is 8.78 Å². The molecular weight excluding hydrogens is 262 g/mol. The molecule has 1 aromatic carbocycles. The Balaban J connectivity index is 2.17. The number of aliphatic imine (C=N–C) groups is 1. The monoisotopic (exact) mass is 278 g/mol. The summed E-state index contributed by atoms with van der Waals surface area (Å²) in [5, 5.41) is 14.4. The zero-order valence-corrected chi connectivity index (χ0v) is 11.0. The molecule has 0 radical (unpaired) electrons. The Morgan fingerprint density at radius 2 is 2.35 bits per heavy atom. The van der Waals surface area contributed by atoms with Gasteiger partial charge in [0.25, 0.3) is 0 Å². The van der Waals surface area contributed by atoms with Crippen LogP contribution in [0.15, 0.2) is 23.2 Å². The summed E-state index contributed by atoms with van der Waals surface area (Å²) in [7, 11) is 0. The van der Waals surface area contributed by atoms with Crippen LogP contribution in [0.1, 0.15) is 30.0 Å². The first-order chi connectivity index (χ1) is 9.76. The molecule has 2 rings (SSSR count). The van der Waals surface area contributed by atoms with Gasteiger partial charge >= 0.3 is 0 Å². The van der Waals surface area contributed by atoms with Crippen LogP contribution in [-0.2, 0) is 6.42 Å². The smallest absolute Gasteiger partial charge is 0.209 e. The highest BCUT2D eigenvalue weighted by Gasteiger charge is 2.23. The van der Waals surface area contributed by atoms with Crippen molar-refractivity contribution in [1.82, 2.24) is 10.6 Å². The Bertz CT molecular complexity index is 536. The average Bonchev–Trinajstić information content (AvgIpc) is 2.46. The lowest BCUT2D eigenvalue weighted by Crippen LogP contribution is -2.41. The highest BCUT2D eigenvalue weighted by atomic mass is 19.1. The minimum absolute atomic E-state index is 0.0796. The van der Waals surface area contributed by atoms with E-state index in [1.165, 1.54) is 6.07 Å². The van der Waals surface area contributed by atoms with Crippen LogP contribution in [0.5, 0.6) is 0 Å². The first kappa shape index (κ1) is 14.3. The maximum absolute atomic E-state index is 13.8. The minimum atomic E-state index is -0.554. The van der Waals surface area contributed by atoms with Gasteiger partial charge in [-0.2, -0.15) is 5.26 Å². The van der Waals surface area contributed by atoms with E-state index in [0.717, 1.165) is 18.4 Å². The standard InChI is InChI=1S/C14H16F2N4/c15-7-8-18-14(19-9-17)20-13-6-2-3-10-11(13)4-1-5-12(10)16/h1,4-5,13H,2-3,6-8H2,(H2,18,19,20). The van der Waals surface area contributed by atoms with Crippen LogP contribution in [0.25, 0.3) is 0 Å². The molecule has 0 heterocycles. The van der Waals surface area contributed by atoms with E-state index in [4.69, 9.17) is 5.26 Å². The SMILES string of the molecule is N#C/N=C(/NCCF)NC1CCCc2c(F)cccc21. The fourth-order valence-electron chi connectivity index (χ4n) is 2.46. The van der Waals surface area contributed by atoms with E-state index in [1.807, 2.05) is 6.07 Å². The van der Waals surface area contributed by atoms with Gasteiger partial charge in [-0.05, 0) is 36.5 Å². The number of alkyl halides is 1. The molecular formula is C14H16F2N4. The van der Waals surface area contributed by atoms with E-state index in [2.05, 4.69) is 15.6 Å². The molecule has 106 valence electrons. The van der Waals surface area contributed by atoms with Gasteiger partial charge in [0.05, 0.1) is 6.04 Å². The number of fused-ring (bicyclic) bond motifs is 1. The largest absolute Gasteiger partial charge is 0.353 e. The van der Waals surface area contributed by atoms with Crippen molar-refractivity contribution in [2.24, 2.45) is 4.99 Å². The van der Waals surface area contributed by atoms with Crippen LogP contribution in [0.2, 0.25) is 0 Å². The van der Waals surface area contributed by atoms with Gasteiger partial charge in [-0.3, -0.25) is 0 Å². The van der Waals surface area contributed by atoms with Crippen LogP contribution in [0, 0.1) is 17.3 Å². The lowest BCUT2D eigenvalue weighted by molar-refractivity contribution is 0.477. The van der Waals surface area contributed by atoms with Crippen molar-refractivity contribution in [2.75, 3.05) is 13.2 Å². The van der Waals surface area contributed by atoms with Gasteiger partial charge in [0.2, 0.25) is 12.2 Å². The van der Waals surface area contributed by atoms with Crippen LogP contribution in [0.3, 0.4) is 0 Å². The number of nitrogens with one attached hydrogen (secondary N) is 2. The molecule has 1 aliphatic rings. The van der Waals surface area contributed by atoms with E-state index in [0.29, 0.717) is 12.0 Å². The van der Waals surface area contributed by atoms with Gasteiger partial charge in [-0.1, -0.05) is 12.1 Å². The first-order valence-corrected chi connectivity index (χ1v) is 6.56. The van der Waals surface area contributed by atoms with E-state index in [-0.39, 0.29) is 24.4 Å². The molecule has 0 bridgehead atoms. The Morgan fingerprint density at radius 3 is 3.10 bits per heavy atom. The quantitative estimate of drug-likeness (QED) is 0.506. The van der Waals surface area contributed by atoms with Crippen molar-refractivity contribution in [3.63, 3.8) is 0 Å². The van der Waals surface area contributed by atoms with Gasteiger partial charge in [0.15, 0.2) is 0 Å². The molecule has 0 saturated heterocycles. The number of nitriles is 1. The third-order valence-electron chi connectivity index (χ3n) is 3.31. The fourth-order valence-corrected chi connectivity index (χ4v) is 2.46. The Kier molecular flexibility index (Phi) is 4.88. The molecule has 4 nitrogen and oxygen atoms in total. The third kappa shape index (κ3) is 3.23. The van der Waals surface area contributed by atoms with Gasteiger partial charge < -0.3 is 10.6 Å². The number of nitrogens with zero attached hydrogens (tertiary/aromatic N) is 2. The average molecular weight is 278 g/mol. The molecule has 1 unspecified atom stereocenters. The number of hydrogen-bond acceptors (Lipinski definition) is 2. The molecule has 0 aromatic heterocycles. The predicted molar refractivity (Wildman–Crippen MR) is 72.2 cm³/mol. The minimum Gasteiger partial charge on any atom is -0.353 e. The molecule has 0 saturated carbocycles. The summed E-state index contributed by atoms with van der Waals surface area (Å²) in [6.45, 7) is -0.474. The highest BCUT2D eigenvalue weighted by Crippen LogP contribution is 2.31. The van der Waals surface area contributed by atoms with Crippen LogP contribution in [-0.4, -0.2) is 19.2 Å². The van der Waals surface area contributed by atoms with Crippen molar-refractivity contribution in [1.29, 1.82) is 5.26 Å². The Hall–Kier alpha value is -2.16. The molecule has 20 heavy (non-hydrogen) atoms. The molecule has 1 aliphatic carbocycles. The second-order valence-electron chi connectivity index (χ2n) is 4.57. The summed E-state index contributed by atoms with van der Waals surface area (Å²) in [6.07, 6.45) is 4.05.